The molecule has 0 spiro atoms. The van der Waals surface area contributed by atoms with Gasteiger partial charge in [0, 0.05) is 0 Å². The molecule has 19 heavy (non-hydrogen) atoms. The van der Waals surface area contributed by atoms with Crippen LogP contribution in [0.25, 0.3) is 0 Å². The molecule has 1 amide bonds. The van der Waals surface area contributed by atoms with Crippen LogP contribution in [-0.2, 0) is 0 Å². The SMILES string of the molecule is Cc1cccc(Cl)c1NC(=O)c1nc(Cl)ccc1Cl. The van der Waals surface area contributed by atoms with Crippen LogP contribution in [0.15, 0.2) is 30.3 Å². The van der Waals surface area contributed by atoms with E-state index in [1.165, 1.54) is 12.1 Å². The van der Waals surface area contributed by atoms with Crippen molar-refractivity contribution in [1.82, 2.24) is 4.98 Å². The number of carbonyl (C=O) groups excluding carboxylic acids is 1. The molecule has 0 aliphatic rings. The molecular weight excluding hydrogens is 307 g/mol. The molecule has 0 aliphatic carbocycles. The number of rotatable bonds is 2. The van der Waals surface area contributed by atoms with Crippen LogP contribution in [0.1, 0.15) is 16.1 Å². The summed E-state index contributed by atoms with van der Waals surface area (Å²) in [4.78, 5) is 16.0. The number of pyridine rings is 1. The Kier molecular flexibility index (Phi) is 4.30. The highest BCUT2D eigenvalue weighted by Gasteiger charge is 2.15. The number of carbonyl (C=O) groups is 1. The molecule has 0 aliphatic heterocycles. The quantitative estimate of drug-likeness (QED) is 0.823. The third-order valence-corrected chi connectivity index (χ3v) is 3.32. The van der Waals surface area contributed by atoms with Gasteiger partial charge in [-0.15, -0.1) is 0 Å². The number of amides is 1. The maximum absolute atomic E-state index is 12.1. The van der Waals surface area contributed by atoms with E-state index in [1.807, 2.05) is 13.0 Å². The van der Waals surface area contributed by atoms with Gasteiger partial charge in [-0.1, -0.05) is 46.9 Å². The Labute approximate surface area is 125 Å². The molecule has 0 radical (unpaired) electrons. The second-order valence-electron chi connectivity index (χ2n) is 3.85. The molecule has 0 atom stereocenters. The van der Waals surface area contributed by atoms with Gasteiger partial charge in [-0.25, -0.2) is 4.98 Å². The normalized spacial score (nSPS) is 10.3. The van der Waals surface area contributed by atoms with Crippen molar-refractivity contribution in [1.29, 1.82) is 0 Å². The van der Waals surface area contributed by atoms with Crippen LogP contribution in [0.2, 0.25) is 15.2 Å². The number of halogens is 3. The Morgan fingerprint density at radius 1 is 1.11 bits per heavy atom. The zero-order chi connectivity index (χ0) is 14.0. The number of hydrogen-bond donors (Lipinski definition) is 1. The van der Waals surface area contributed by atoms with E-state index in [9.17, 15) is 4.79 Å². The highest BCUT2D eigenvalue weighted by atomic mass is 35.5. The number of anilines is 1. The van der Waals surface area contributed by atoms with Gasteiger partial charge in [-0.2, -0.15) is 0 Å². The first kappa shape index (κ1) is 14.1. The summed E-state index contributed by atoms with van der Waals surface area (Å²) in [6.45, 7) is 1.84. The first-order valence-corrected chi connectivity index (χ1v) is 6.51. The number of para-hydroxylation sites is 1. The van der Waals surface area contributed by atoms with Gasteiger partial charge in [0.1, 0.15) is 10.8 Å². The lowest BCUT2D eigenvalue weighted by atomic mass is 10.2. The molecule has 3 nitrogen and oxygen atoms in total. The van der Waals surface area contributed by atoms with Gasteiger partial charge in [-0.3, -0.25) is 4.79 Å². The monoisotopic (exact) mass is 314 g/mol. The molecule has 98 valence electrons. The van der Waals surface area contributed by atoms with Crippen molar-refractivity contribution in [3.8, 4) is 0 Å². The van der Waals surface area contributed by atoms with Crippen LogP contribution in [0.3, 0.4) is 0 Å². The lowest BCUT2D eigenvalue weighted by Crippen LogP contribution is -2.15. The lowest BCUT2D eigenvalue weighted by Gasteiger charge is -2.10. The molecule has 0 bridgehead atoms. The van der Waals surface area contributed by atoms with Crippen molar-refractivity contribution in [3.05, 3.63) is 56.8 Å². The fourth-order valence-electron chi connectivity index (χ4n) is 1.54. The van der Waals surface area contributed by atoms with Crippen LogP contribution in [0, 0.1) is 6.92 Å². The third-order valence-electron chi connectivity index (χ3n) is 2.49. The Morgan fingerprint density at radius 2 is 1.84 bits per heavy atom. The van der Waals surface area contributed by atoms with E-state index in [4.69, 9.17) is 34.8 Å². The minimum atomic E-state index is -0.455. The average Bonchev–Trinajstić information content (AvgIpc) is 2.37. The fraction of sp³-hybridized carbons (Fsp3) is 0.0769. The van der Waals surface area contributed by atoms with E-state index in [1.54, 1.807) is 12.1 Å². The molecule has 1 N–H and O–H groups in total. The van der Waals surface area contributed by atoms with Gasteiger partial charge in [-0.05, 0) is 30.7 Å². The Hall–Kier alpha value is -1.29. The molecule has 0 saturated carbocycles. The van der Waals surface area contributed by atoms with Gasteiger partial charge in [0.25, 0.3) is 5.91 Å². The zero-order valence-corrected chi connectivity index (χ0v) is 12.1. The first-order valence-electron chi connectivity index (χ1n) is 5.37. The van der Waals surface area contributed by atoms with E-state index < -0.39 is 5.91 Å². The van der Waals surface area contributed by atoms with E-state index in [-0.39, 0.29) is 15.9 Å². The molecule has 1 aromatic carbocycles. The van der Waals surface area contributed by atoms with E-state index in [0.717, 1.165) is 5.56 Å². The molecule has 1 aromatic heterocycles. The summed E-state index contributed by atoms with van der Waals surface area (Å²) in [5, 5.41) is 3.56. The molecule has 2 aromatic rings. The van der Waals surface area contributed by atoms with Gasteiger partial charge < -0.3 is 5.32 Å². The number of aromatic nitrogens is 1. The number of aryl methyl sites for hydroxylation is 1. The summed E-state index contributed by atoms with van der Waals surface area (Å²) >= 11 is 17.7. The summed E-state index contributed by atoms with van der Waals surface area (Å²) in [6.07, 6.45) is 0. The maximum Gasteiger partial charge on any atom is 0.275 e. The molecule has 1 heterocycles. The predicted octanol–water partition coefficient (Wildman–Crippen LogP) is 4.60. The van der Waals surface area contributed by atoms with Crippen molar-refractivity contribution < 1.29 is 4.79 Å². The zero-order valence-electron chi connectivity index (χ0n) is 9.88. The standard InChI is InChI=1S/C13H9Cl3N2O/c1-7-3-2-4-8(14)11(7)18-13(19)12-9(15)5-6-10(16)17-12/h2-6H,1H3,(H,18,19). The highest BCUT2D eigenvalue weighted by molar-refractivity contribution is 6.36. The summed E-state index contributed by atoms with van der Waals surface area (Å²) in [5.74, 6) is -0.455. The number of hydrogen-bond acceptors (Lipinski definition) is 2. The number of nitrogens with one attached hydrogen (secondary N) is 1. The third kappa shape index (κ3) is 3.18. The Bertz CT molecular complexity index is 624. The largest absolute Gasteiger partial charge is 0.319 e. The molecule has 0 fully saturated rings. The van der Waals surface area contributed by atoms with E-state index in [2.05, 4.69) is 10.3 Å². The molecule has 6 heteroatoms. The predicted molar refractivity (Wildman–Crippen MR) is 78.4 cm³/mol. The topological polar surface area (TPSA) is 42.0 Å². The molecule has 2 rings (SSSR count). The van der Waals surface area contributed by atoms with Crippen LogP contribution >= 0.6 is 34.8 Å². The first-order chi connectivity index (χ1) is 8.99. The summed E-state index contributed by atoms with van der Waals surface area (Å²) in [5.41, 5.74) is 1.44. The second-order valence-corrected chi connectivity index (χ2v) is 5.05. The van der Waals surface area contributed by atoms with Crippen molar-refractivity contribution in [2.24, 2.45) is 0 Å². The molecule has 0 saturated heterocycles. The summed E-state index contributed by atoms with van der Waals surface area (Å²) in [7, 11) is 0. The minimum absolute atomic E-state index is 0.0634. The molecule has 0 unspecified atom stereocenters. The van der Waals surface area contributed by atoms with Crippen LogP contribution in [0.5, 0.6) is 0 Å². The number of nitrogens with zero attached hydrogens (tertiary/aromatic N) is 1. The van der Waals surface area contributed by atoms with Gasteiger partial charge in [0.2, 0.25) is 0 Å². The van der Waals surface area contributed by atoms with Crippen molar-refractivity contribution >= 4 is 46.4 Å². The van der Waals surface area contributed by atoms with Crippen molar-refractivity contribution in [2.45, 2.75) is 6.92 Å². The summed E-state index contributed by atoms with van der Waals surface area (Å²) in [6, 6.07) is 8.37. The van der Waals surface area contributed by atoms with Crippen molar-refractivity contribution in [3.63, 3.8) is 0 Å². The Morgan fingerprint density at radius 3 is 2.53 bits per heavy atom. The van der Waals surface area contributed by atoms with E-state index >= 15 is 0 Å². The smallest absolute Gasteiger partial charge is 0.275 e. The minimum Gasteiger partial charge on any atom is -0.319 e. The molecular formula is C13H9Cl3N2O. The Balaban J connectivity index is 2.34. The lowest BCUT2D eigenvalue weighted by molar-refractivity contribution is 0.102. The van der Waals surface area contributed by atoms with E-state index in [0.29, 0.717) is 10.7 Å². The second kappa shape index (κ2) is 5.78. The van der Waals surface area contributed by atoms with Crippen LogP contribution in [-0.4, -0.2) is 10.9 Å². The van der Waals surface area contributed by atoms with Gasteiger partial charge >= 0.3 is 0 Å². The summed E-state index contributed by atoms with van der Waals surface area (Å²) < 4.78 is 0. The van der Waals surface area contributed by atoms with Gasteiger partial charge in [0.05, 0.1) is 15.7 Å². The van der Waals surface area contributed by atoms with Crippen LogP contribution < -0.4 is 5.32 Å². The van der Waals surface area contributed by atoms with Gasteiger partial charge in [0.15, 0.2) is 0 Å². The van der Waals surface area contributed by atoms with Crippen LogP contribution in [0.4, 0.5) is 5.69 Å². The fourth-order valence-corrected chi connectivity index (χ4v) is 2.15. The van der Waals surface area contributed by atoms with Crippen molar-refractivity contribution in [2.75, 3.05) is 5.32 Å². The average molecular weight is 316 g/mol. The maximum atomic E-state index is 12.1. The number of benzene rings is 1. The highest BCUT2D eigenvalue weighted by Crippen LogP contribution is 2.26.